The van der Waals surface area contributed by atoms with Gasteiger partial charge < -0.3 is 20.0 Å². The first kappa shape index (κ1) is 19.8. The average molecular weight is 405 g/mol. The summed E-state index contributed by atoms with van der Waals surface area (Å²) in [5.74, 6) is 0.519. The van der Waals surface area contributed by atoms with E-state index in [0.29, 0.717) is 12.0 Å². The van der Waals surface area contributed by atoms with Gasteiger partial charge in [-0.15, -0.1) is 0 Å². The molecule has 0 aromatic heterocycles. The zero-order valence-electron chi connectivity index (χ0n) is 16.8. The Morgan fingerprint density at radius 1 is 0.964 bits per heavy atom. The monoisotopic (exact) mass is 404 g/mol. The van der Waals surface area contributed by atoms with E-state index >= 15 is 0 Å². The molecule has 3 aliphatic rings. The Morgan fingerprint density at radius 3 is 2.39 bits per heavy atom. The van der Waals surface area contributed by atoms with Crippen LogP contribution in [-0.4, -0.2) is 67.7 Å². The van der Waals surface area contributed by atoms with E-state index in [4.69, 9.17) is 11.6 Å². The number of amides is 2. The highest BCUT2D eigenvalue weighted by Crippen LogP contribution is 2.25. The highest BCUT2D eigenvalue weighted by atomic mass is 35.5. The van der Waals surface area contributed by atoms with Gasteiger partial charge in [-0.3, -0.25) is 0 Å². The molecule has 0 spiro atoms. The third-order valence-corrected chi connectivity index (χ3v) is 6.93. The molecule has 0 bridgehead atoms. The van der Waals surface area contributed by atoms with Crippen molar-refractivity contribution in [2.24, 2.45) is 5.92 Å². The summed E-state index contributed by atoms with van der Waals surface area (Å²) in [7, 11) is 0. The van der Waals surface area contributed by atoms with Crippen molar-refractivity contribution < 1.29 is 4.79 Å². The summed E-state index contributed by atoms with van der Waals surface area (Å²) in [6, 6.07) is 8.86. The van der Waals surface area contributed by atoms with Gasteiger partial charge in [-0.2, -0.15) is 0 Å². The van der Waals surface area contributed by atoms with Crippen LogP contribution in [0.4, 0.5) is 10.5 Å². The van der Waals surface area contributed by atoms with Crippen LogP contribution >= 0.6 is 11.6 Å². The van der Waals surface area contributed by atoms with Crippen molar-refractivity contribution in [3.63, 3.8) is 0 Å². The first-order valence-electron chi connectivity index (χ1n) is 11.0. The molecule has 0 unspecified atom stereocenters. The molecular formula is C22H33ClN4O. The van der Waals surface area contributed by atoms with Crippen LogP contribution in [0, 0.1) is 5.92 Å². The molecule has 6 heteroatoms. The zero-order chi connectivity index (χ0) is 19.3. The second-order valence-corrected chi connectivity index (χ2v) is 9.01. The van der Waals surface area contributed by atoms with Crippen LogP contribution in [0.25, 0.3) is 0 Å². The molecular weight excluding hydrogens is 372 g/mol. The molecule has 3 aliphatic heterocycles. The van der Waals surface area contributed by atoms with Crippen molar-refractivity contribution >= 4 is 23.3 Å². The predicted octanol–water partition coefficient (Wildman–Crippen LogP) is 3.83. The highest BCUT2D eigenvalue weighted by Gasteiger charge is 2.28. The van der Waals surface area contributed by atoms with Gasteiger partial charge in [0.25, 0.3) is 0 Å². The van der Waals surface area contributed by atoms with Gasteiger partial charge in [0, 0.05) is 49.5 Å². The fourth-order valence-corrected chi connectivity index (χ4v) is 5.07. The van der Waals surface area contributed by atoms with Crippen molar-refractivity contribution in [3.8, 4) is 0 Å². The number of halogens is 1. The van der Waals surface area contributed by atoms with E-state index in [2.05, 4.69) is 27.2 Å². The van der Waals surface area contributed by atoms with Gasteiger partial charge in [0.2, 0.25) is 0 Å². The lowest BCUT2D eigenvalue weighted by Crippen LogP contribution is -2.51. The lowest BCUT2D eigenvalue weighted by molar-refractivity contribution is 0.101. The third-order valence-electron chi connectivity index (χ3n) is 6.68. The fraction of sp³-hybridized carbons (Fsp3) is 0.682. The van der Waals surface area contributed by atoms with Crippen molar-refractivity contribution in [1.82, 2.24) is 15.1 Å². The van der Waals surface area contributed by atoms with E-state index < -0.39 is 0 Å². The van der Waals surface area contributed by atoms with Gasteiger partial charge >= 0.3 is 6.03 Å². The lowest BCUT2D eigenvalue weighted by atomic mass is 10.00. The maximum absolute atomic E-state index is 12.6. The summed E-state index contributed by atoms with van der Waals surface area (Å²) in [5, 5.41) is 3.97. The second-order valence-electron chi connectivity index (χ2n) is 8.58. The number of rotatable bonds is 4. The minimum absolute atomic E-state index is 0.127. The number of carbonyl (C=O) groups is 1. The van der Waals surface area contributed by atoms with Crippen LogP contribution in [-0.2, 0) is 0 Å². The first-order valence-corrected chi connectivity index (χ1v) is 11.3. The third kappa shape index (κ3) is 4.93. The number of nitrogens with one attached hydrogen (secondary N) is 1. The van der Waals surface area contributed by atoms with Crippen LogP contribution in [0.2, 0.25) is 5.02 Å². The molecule has 1 atom stereocenters. The average Bonchev–Trinajstić information content (AvgIpc) is 3.22. The molecule has 3 heterocycles. The maximum Gasteiger partial charge on any atom is 0.317 e. The predicted molar refractivity (Wildman–Crippen MR) is 115 cm³/mol. The summed E-state index contributed by atoms with van der Waals surface area (Å²) < 4.78 is 0. The summed E-state index contributed by atoms with van der Waals surface area (Å²) in [6.07, 6.45) is 7.45. The molecule has 0 saturated carbocycles. The van der Waals surface area contributed by atoms with Gasteiger partial charge in [0.1, 0.15) is 0 Å². The van der Waals surface area contributed by atoms with Gasteiger partial charge in [-0.1, -0.05) is 18.0 Å². The van der Waals surface area contributed by atoms with Crippen LogP contribution in [0.5, 0.6) is 0 Å². The topological polar surface area (TPSA) is 38.8 Å². The van der Waals surface area contributed by atoms with Gasteiger partial charge in [-0.05, 0) is 75.4 Å². The van der Waals surface area contributed by atoms with Crippen LogP contribution < -0.4 is 10.2 Å². The molecule has 5 nitrogen and oxygen atoms in total. The number of carbonyl (C=O) groups excluding carboxylic acids is 1. The van der Waals surface area contributed by atoms with Crippen LogP contribution in [0.1, 0.15) is 38.5 Å². The van der Waals surface area contributed by atoms with E-state index in [1.165, 1.54) is 38.0 Å². The number of hydrogen-bond acceptors (Lipinski definition) is 3. The summed E-state index contributed by atoms with van der Waals surface area (Å²) in [5.41, 5.74) is 1.22. The molecule has 0 radical (unpaired) electrons. The molecule has 1 aromatic carbocycles. The van der Waals surface area contributed by atoms with Gasteiger partial charge in [0.05, 0.1) is 0 Å². The minimum Gasteiger partial charge on any atom is -0.371 e. The number of urea groups is 1. The van der Waals surface area contributed by atoms with Gasteiger partial charge in [0.15, 0.2) is 0 Å². The number of anilines is 1. The Balaban J connectivity index is 1.17. The van der Waals surface area contributed by atoms with Crippen molar-refractivity contribution in [2.75, 3.05) is 50.7 Å². The molecule has 1 aromatic rings. The number of likely N-dealkylation sites (tertiary alicyclic amines) is 2. The largest absolute Gasteiger partial charge is 0.371 e. The van der Waals surface area contributed by atoms with Crippen molar-refractivity contribution in [2.45, 2.75) is 44.6 Å². The number of nitrogens with zero attached hydrogens (tertiary/aromatic N) is 3. The SMILES string of the molecule is O=C(NC[C@@H]1CCN(c2ccc(Cl)cc2)C1)N1CCC(N2CCCCC2)CC1. The summed E-state index contributed by atoms with van der Waals surface area (Å²) in [6.45, 7) is 7.12. The molecule has 3 fully saturated rings. The standard InChI is InChI=1S/C22H33ClN4O/c23-19-4-6-20(7-5-19)27-13-8-18(17-27)16-24-22(28)26-14-9-21(10-15-26)25-11-2-1-3-12-25/h4-7,18,21H,1-3,8-17H2,(H,24,28)/t18-/m0/s1. The smallest absolute Gasteiger partial charge is 0.317 e. The number of hydrogen-bond donors (Lipinski definition) is 1. The maximum atomic E-state index is 12.6. The van der Waals surface area contributed by atoms with Crippen LogP contribution in [0.3, 0.4) is 0 Å². The quantitative estimate of drug-likeness (QED) is 0.828. The Labute approximate surface area is 174 Å². The first-order chi connectivity index (χ1) is 13.7. The normalized spacial score (nSPS) is 24.5. The van der Waals surface area contributed by atoms with Crippen LogP contribution in [0.15, 0.2) is 24.3 Å². The van der Waals surface area contributed by atoms with E-state index in [1.54, 1.807) is 0 Å². The molecule has 1 N–H and O–H groups in total. The highest BCUT2D eigenvalue weighted by molar-refractivity contribution is 6.30. The van der Waals surface area contributed by atoms with E-state index in [1.807, 2.05) is 17.0 Å². The molecule has 0 aliphatic carbocycles. The fourth-order valence-electron chi connectivity index (χ4n) is 4.95. The Bertz CT molecular complexity index is 638. The van der Waals surface area contributed by atoms with Crippen molar-refractivity contribution in [1.29, 1.82) is 0 Å². The van der Waals surface area contributed by atoms with E-state index in [-0.39, 0.29) is 6.03 Å². The summed E-state index contributed by atoms with van der Waals surface area (Å²) in [4.78, 5) is 19.7. The number of benzene rings is 1. The Morgan fingerprint density at radius 2 is 1.68 bits per heavy atom. The molecule has 2 amide bonds. The lowest BCUT2D eigenvalue weighted by Gasteiger charge is -2.40. The Hall–Kier alpha value is -1.46. The molecule has 3 saturated heterocycles. The molecule has 4 rings (SSSR count). The zero-order valence-corrected chi connectivity index (χ0v) is 17.5. The van der Waals surface area contributed by atoms with E-state index in [9.17, 15) is 4.79 Å². The van der Waals surface area contributed by atoms with Gasteiger partial charge in [-0.25, -0.2) is 4.79 Å². The molecule has 154 valence electrons. The summed E-state index contributed by atoms with van der Waals surface area (Å²) >= 11 is 5.99. The van der Waals surface area contributed by atoms with E-state index in [0.717, 1.165) is 57.0 Å². The van der Waals surface area contributed by atoms with Crippen molar-refractivity contribution in [3.05, 3.63) is 29.3 Å². The minimum atomic E-state index is 0.127. The number of piperidine rings is 2. The molecule has 28 heavy (non-hydrogen) atoms. The second kappa shape index (κ2) is 9.36. The Kier molecular flexibility index (Phi) is 6.63.